The van der Waals surface area contributed by atoms with E-state index in [4.69, 9.17) is 80.3 Å². The van der Waals surface area contributed by atoms with Crippen LogP contribution in [0.5, 0.6) is 0 Å². The molecule has 38 heteroatoms. The molecule has 0 bridgehead atoms. The van der Waals surface area contributed by atoms with Gasteiger partial charge in [-0.2, -0.15) is 0 Å². The minimum Gasteiger partial charge on any atom is -0.480 e. The second kappa shape index (κ2) is 47.1. The second-order valence-corrected chi connectivity index (χ2v) is 21.9. The Kier molecular flexibility index (Phi) is 41.2. The van der Waals surface area contributed by atoms with Crippen molar-refractivity contribution >= 4 is 88.9 Å². The van der Waals surface area contributed by atoms with Crippen LogP contribution in [0.3, 0.4) is 0 Å². The molecule has 94 heavy (non-hydrogen) atoms. The molecule has 37 N–H and O–H groups in total. The summed E-state index contributed by atoms with van der Waals surface area (Å²) in [4.78, 5) is 158. The Hall–Kier alpha value is -9.85. The topological polar surface area (TPSA) is 713 Å². The second-order valence-electron chi connectivity index (χ2n) is 21.9. The largest absolute Gasteiger partial charge is 0.480 e. The Bertz CT molecular complexity index is 2700. The summed E-state index contributed by atoms with van der Waals surface area (Å²) in [5.41, 5.74) is 78.7. The molecular formula is C56H103N27O11. The van der Waals surface area contributed by atoms with E-state index in [9.17, 15) is 53.1 Å². The number of carboxylic acids is 1. The van der Waals surface area contributed by atoms with E-state index < -0.39 is 126 Å². The molecule has 1 aromatic rings. The summed E-state index contributed by atoms with van der Waals surface area (Å²) < 4.78 is 0. The third-order valence-corrected chi connectivity index (χ3v) is 14.0. The minimum atomic E-state index is -1.67. The molecule has 0 fully saturated rings. The molecule has 9 atom stereocenters. The van der Waals surface area contributed by atoms with E-state index in [0.29, 0.717) is 44.2 Å². The quantitative estimate of drug-likeness (QED) is 0.0164. The summed E-state index contributed by atoms with van der Waals surface area (Å²) in [7, 11) is 0. The van der Waals surface area contributed by atoms with E-state index in [1.54, 1.807) is 30.3 Å². The molecular weight excluding hydrogens is 1230 g/mol. The molecule has 528 valence electrons. The van der Waals surface area contributed by atoms with Crippen molar-refractivity contribution in [3.63, 3.8) is 0 Å². The van der Waals surface area contributed by atoms with Crippen LogP contribution in [0.4, 0.5) is 0 Å². The molecule has 38 nitrogen and oxygen atoms in total. The number of primary amides is 1. The van der Waals surface area contributed by atoms with Crippen molar-refractivity contribution in [2.45, 2.75) is 176 Å². The number of hydrogen-bond acceptors (Lipinski definition) is 18. The number of carbonyl (C=O) groups excluding carboxylic acids is 9. The first-order chi connectivity index (χ1) is 44.6. The molecule has 9 amide bonds. The molecule has 0 unspecified atom stereocenters. The molecule has 0 saturated heterocycles. The fourth-order valence-electron chi connectivity index (χ4n) is 9.05. The van der Waals surface area contributed by atoms with Crippen LogP contribution in [-0.2, 0) is 54.4 Å². The minimum absolute atomic E-state index is 0.0142. The lowest BCUT2D eigenvalue weighted by molar-refractivity contribution is -0.142. The van der Waals surface area contributed by atoms with Crippen molar-refractivity contribution in [3.05, 3.63) is 35.9 Å². The third-order valence-electron chi connectivity index (χ3n) is 14.0. The number of hydrogen-bond donors (Lipinski definition) is 23. The van der Waals surface area contributed by atoms with E-state index in [0.717, 1.165) is 0 Å². The Morgan fingerprint density at radius 2 is 0.606 bits per heavy atom. The van der Waals surface area contributed by atoms with Crippen LogP contribution in [0, 0.1) is 0 Å². The van der Waals surface area contributed by atoms with Crippen LogP contribution in [0.1, 0.15) is 121 Å². The van der Waals surface area contributed by atoms with Gasteiger partial charge in [-0.05, 0) is 128 Å². The summed E-state index contributed by atoms with van der Waals surface area (Å²) in [6.07, 6.45) is 0.810. The van der Waals surface area contributed by atoms with E-state index >= 15 is 0 Å². The van der Waals surface area contributed by atoms with Gasteiger partial charge in [0.05, 0.1) is 6.04 Å². The van der Waals surface area contributed by atoms with Gasteiger partial charge in [0.2, 0.25) is 53.2 Å². The highest BCUT2D eigenvalue weighted by Crippen LogP contribution is 2.13. The highest BCUT2D eigenvalue weighted by atomic mass is 16.4. The maximum absolute atomic E-state index is 14.8. The fraction of sp³-hybridized carbons (Fsp3) is 0.625. The molecule has 0 heterocycles. The summed E-state index contributed by atoms with van der Waals surface area (Å²) >= 11 is 0. The summed E-state index contributed by atoms with van der Waals surface area (Å²) in [6, 6.07) is -4.22. The number of unbranched alkanes of at least 4 members (excludes halogenated alkanes) is 2. The van der Waals surface area contributed by atoms with E-state index in [1.165, 1.54) is 0 Å². The number of carboxylic acid groups (broad SMARTS) is 1. The van der Waals surface area contributed by atoms with Crippen molar-refractivity contribution in [2.75, 3.05) is 45.8 Å². The molecule has 1 aromatic carbocycles. The average molecular weight is 1330 g/mol. The Labute approximate surface area is 546 Å². The van der Waals surface area contributed by atoms with Gasteiger partial charge in [0.15, 0.2) is 29.8 Å². The average Bonchev–Trinajstić information content (AvgIpc) is 1.16. The summed E-state index contributed by atoms with van der Waals surface area (Å²) in [5, 5.41) is 30.9. The van der Waals surface area contributed by atoms with Crippen molar-refractivity contribution in [3.8, 4) is 0 Å². The standard InChI is InChI=1S/C56H103N27O11/c57-24-6-4-16-34(76-43(85)33(59)15-8-26-71-52(61)62)44(86)77-35(17-5-7-25-58)48(90)83-41(31-32-13-2-1-3-14-32)50(92)80-37(19-10-28-73-54(65)66)46(88)81-39(22-23-42(60)84)49(91)79-36(18-9-27-72-53(63)64)45(87)78-38(20-11-29-74-55(67)68)47(89)82-40(51(93)94)21-12-30-75-56(69)70/h1-3,13-14,33-41H,4-12,15-31,57-59H2,(H2,60,84)(H,76,85)(H,77,86)(H,78,87)(H,79,91)(H,80,92)(H,81,88)(H,82,89)(H,83,90)(H,93,94)(H4,61,62,71)(H4,63,64,72)(H4,65,66,73)(H4,67,68,74)(H4,69,70,75)/t33-,34+,35+,36+,37-,38+,39+,40-,41+/m1/s1. The lowest BCUT2D eigenvalue weighted by atomic mass is 10.0. The number of aliphatic carboxylic acids is 1. The zero-order valence-corrected chi connectivity index (χ0v) is 53.3. The van der Waals surface area contributed by atoms with Gasteiger partial charge in [0.1, 0.15) is 48.3 Å². The first-order valence-electron chi connectivity index (χ1n) is 31.0. The number of nitrogens with two attached hydrogens (primary N) is 14. The van der Waals surface area contributed by atoms with Crippen molar-refractivity contribution in [2.24, 2.45) is 105 Å². The highest BCUT2D eigenvalue weighted by molar-refractivity contribution is 5.98. The number of aliphatic imine (C=N–C) groups is 5. The van der Waals surface area contributed by atoms with Gasteiger partial charge in [-0.25, -0.2) is 4.79 Å². The Balaban J connectivity index is 3.85. The van der Waals surface area contributed by atoms with Crippen LogP contribution in [-0.4, -0.2) is 194 Å². The molecule has 0 aliphatic heterocycles. The third kappa shape index (κ3) is 37.5. The molecule has 0 radical (unpaired) electrons. The number of amides is 9. The van der Waals surface area contributed by atoms with Crippen LogP contribution < -0.4 is 123 Å². The lowest BCUT2D eigenvalue weighted by Gasteiger charge is -2.28. The van der Waals surface area contributed by atoms with Gasteiger partial charge >= 0.3 is 5.97 Å². The maximum Gasteiger partial charge on any atom is 0.326 e. The number of carbonyl (C=O) groups is 10. The van der Waals surface area contributed by atoms with Gasteiger partial charge in [-0.1, -0.05) is 30.3 Å². The molecule has 0 saturated carbocycles. The van der Waals surface area contributed by atoms with Crippen LogP contribution in [0.15, 0.2) is 55.3 Å². The lowest BCUT2D eigenvalue weighted by Crippen LogP contribution is -2.60. The number of nitrogens with zero attached hydrogens (tertiary/aromatic N) is 5. The molecule has 0 aliphatic carbocycles. The van der Waals surface area contributed by atoms with Crippen LogP contribution >= 0.6 is 0 Å². The van der Waals surface area contributed by atoms with Gasteiger partial charge < -0.3 is 128 Å². The number of rotatable bonds is 50. The van der Waals surface area contributed by atoms with Gasteiger partial charge in [0, 0.05) is 45.6 Å². The van der Waals surface area contributed by atoms with E-state index in [-0.39, 0.29) is 146 Å². The smallest absolute Gasteiger partial charge is 0.326 e. The zero-order valence-electron chi connectivity index (χ0n) is 53.3. The Morgan fingerprint density at radius 1 is 0.340 bits per heavy atom. The number of guanidine groups is 5. The van der Waals surface area contributed by atoms with Crippen molar-refractivity contribution in [1.29, 1.82) is 0 Å². The van der Waals surface area contributed by atoms with E-state index in [2.05, 4.69) is 67.5 Å². The molecule has 0 aliphatic rings. The zero-order chi connectivity index (χ0) is 70.5. The van der Waals surface area contributed by atoms with Gasteiger partial charge in [-0.3, -0.25) is 68.1 Å². The predicted octanol–water partition coefficient (Wildman–Crippen LogP) is -8.69. The van der Waals surface area contributed by atoms with Crippen LogP contribution in [0.2, 0.25) is 0 Å². The molecule has 0 aromatic heterocycles. The first-order valence-corrected chi connectivity index (χ1v) is 31.0. The highest BCUT2D eigenvalue weighted by Gasteiger charge is 2.35. The summed E-state index contributed by atoms with van der Waals surface area (Å²) in [5.74, 6) is -10.6. The van der Waals surface area contributed by atoms with Crippen molar-refractivity contribution in [1.82, 2.24) is 42.5 Å². The molecule has 0 spiro atoms. The predicted molar refractivity (Wildman–Crippen MR) is 355 cm³/mol. The first kappa shape index (κ1) is 82.2. The monoisotopic (exact) mass is 1330 g/mol. The molecule has 1 rings (SSSR count). The normalized spacial score (nSPS) is 13.6. The van der Waals surface area contributed by atoms with Gasteiger partial charge in [0.25, 0.3) is 0 Å². The van der Waals surface area contributed by atoms with Gasteiger partial charge in [-0.15, -0.1) is 0 Å². The summed E-state index contributed by atoms with van der Waals surface area (Å²) in [6.45, 7) is 0.655. The van der Waals surface area contributed by atoms with E-state index in [1.807, 2.05) is 0 Å². The van der Waals surface area contributed by atoms with Crippen LogP contribution in [0.25, 0.3) is 0 Å². The Morgan fingerprint density at radius 3 is 0.915 bits per heavy atom. The number of benzene rings is 1. The maximum atomic E-state index is 14.8. The SMILES string of the molecule is NCCCC[C@H](NC(=O)[C@H](N)CCCN=C(N)N)C(=O)N[C@@H](CCCCN)C(=O)N[C@@H](Cc1ccccc1)C(=O)N[C@H](CCCN=C(N)N)C(=O)N[C@@H](CCC(N)=O)C(=O)N[C@@H](CCCN=C(N)N)C(=O)N[C@@H](CCCN=C(N)N)C(=O)N[C@H](CCCN=C(N)N)C(=O)O. The fourth-order valence-corrected chi connectivity index (χ4v) is 9.05. The number of nitrogens with one attached hydrogen (secondary N) is 8. The van der Waals surface area contributed by atoms with Crippen molar-refractivity contribution < 1.29 is 53.1 Å².